The Kier molecular flexibility index (Phi) is 3.80. The van der Waals surface area contributed by atoms with E-state index in [1.54, 1.807) is 0 Å². The number of rotatable bonds is 3. The van der Waals surface area contributed by atoms with Gasteiger partial charge in [-0.05, 0) is 43.1 Å². The molecule has 5 heteroatoms. The predicted molar refractivity (Wildman–Crippen MR) is 65.7 cm³/mol. The van der Waals surface area contributed by atoms with Gasteiger partial charge in [-0.15, -0.1) is 0 Å². The molecule has 100 valence electrons. The Labute approximate surface area is 105 Å². The van der Waals surface area contributed by atoms with Gasteiger partial charge in [0.25, 0.3) is 0 Å². The summed E-state index contributed by atoms with van der Waals surface area (Å²) >= 11 is 0. The van der Waals surface area contributed by atoms with E-state index in [0.717, 1.165) is 36.8 Å². The molecule has 0 bridgehead atoms. The molecule has 1 aliphatic heterocycles. The Morgan fingerprint density at radius 2 is 2.17 bits per heavy atom. The second-order valence-electron chi connectivity index (χ2n) is 4.56. The summed E-state index contributed by atoms with van der Waals surface area (Å²) in [5, 5.41) is 6.52. The van der Waals surface area contributed by atoms with E-state index in [-0.39, 0.29) is 0 Å². The first-order valence-electron chi connectivity index (χ1n) is 6.18. The summed E-state index contributed by atoms with van der Waals surface area (Å²) in [5.74, 6) is 0. The molecule has 0 spiro atoms. The van der Waals surface area contributed by atoms with E-state index < -0.39 is 11.7 Å². The zero-order chi connectivity index (χ0) is 13.2. The van der Waals surface area contributed by atoms with E-state index in [0.29, 0.717) is 12.5 Å². The van der Waals surface area contributed by atoms with Gasteiger partial charge in [0, 0.05) is 18.3 Å². The van der Waals surface area contributed by atoms with Gasteiger partial charge < -0.3 is 10.6 Å². The van der Waals surface area contributed by atoms with Crippen LogP contribution in [-0.2, 0) is 12.6 Å². The van der Waals surface area contributed by atoms with E-state index in [1.807, 2.05) is 6.92 Å². The molecule has 0 saturated carbocycles. The summed E-state index contributed by atoms with van der Waals surface area (Å²) in [6.07, 6.45) is -2.70. The topological polar surface area (TPSA) is 24.1 Å². The van der Waals surface area contributed by atoms with Gasteiger partial charge in [-0.25, -0.2) is 0 Å². The van der Waals surface area contributed by atoms with Crippen molar-refractivity contribution in [1.82, 2.24) is 5.32 Å². The number of likely N-dealkylation sites (N-methyl/N-ethyl adjacent to an activating group) is 1. The molecule has 1 unspecified atom stereocenters. The fourth-order valence-corrected chi connectivity index (χ4v) is 2.21. The van der Waals surface area contributed by atoms with Crippen molar-refractivity contribution >= 4 is 5.69 Å². The Morgan fingerprint density at radius 3 is 2.83 bits per heavy atom. The third kappa shape index (κ3) is 2.96. The van der Waals surface area contributed by atoms with Crippen molar-refractivity contribution in [2.45, 2.75) is 32.0 Å². The van der Waals surface area contributed by atoms with Gasteiger partial charge in [-0.3, -0.25) is 0 Å². The van der Waals surface area contributed by atoms with Crippen LogP contribution in [-0.4, -0.2) is 19.1 Å². The van der Waals surface area contributed by atoms with Gasteiger partial charge in [0.2, 0.25) is 0 Å². The highest BCUT2D eigenvalue weighted by Gasteiger charge is 2.31. The van der Waals surface area contributed by atoms with Crippen LogP contribution in [0.1, 0.15) is 24.5 Å². The fourth-order valence-electron chi connectivity index (χ4n) is 2.21. The van der Waals surface area contributed by atoms with Crippen LogP contribution >= 0.6 is 0 Å². The van der Waals surface area contributed by atoms with E-state index in [1.165, 1.54) is 12.1 Å². The Morgan fingerprint density at radius 1 is 1.39 bits per heavy atom. The molecule has 18 heavy (non-hydrogen) atoms. The molecule has 1 aromatic rings. The maximum Gasteiger partial charge on any atom is 0.416 e. The summed E-state index contributed by atoms with van der Waals surface area (Å²) in [7, 11) is 0. The van der Waals surface area contributed by atoms with Crippen molar-refractivity contribution < 1.29 is 13.2 Å². The lowest BCUT2D eigenvalue weighted by atomic mass is 9.96. The maximum absolute atomic E-state index is 12.6. The highest BCUT2D eigenvalue weighted by atomic mass is 19.4. The molecule has 1 heterocycles. The summed E-state index contributed by atoms with van der Waals surface area (Å²) in [4.78, 5) is 0. The first kappa shape index (κ1) is 13.2. The molecule has 2 nitrogen and oxygen atoms in total. The SMILES string of the molecule is CCNCC1CCc2cc(C(F)(F)F)ccc2N1. The number of anilines is 1. The largest absolute Gasteiger partial charge is 0.416 e. The van der Waals surface area contributed by atoms with E-state index in [4.69, 9.17) is 0 Å². The van der Waals surface area contributed by atoms with Crippen LogP contribution in [0.4, 0.5) is 18.9 Å². The zero-order valence-electron chi connectivity index (χ0n) is 10.3. The van der Waals surface area contributed by atoms with Crippen molar-refractivity contribution in [1.29, 1.82) is 0 Å². The van der Waals surface area contributed by atoms with E-state index >= 15 is 0 Å². The molecule has 0 fully saturated rings. The number of benzene rings is 1. The molecule has 2 N–H and O–H groups in total. The second kappa shape index (κ2) is 5.18. The average Bonchev–Trinajstić information content (AvgIpc) is 2.34. The lowest BCUT2D eigenvalue weighted by Crippen LogP contribution is -2.35. The van der Waals surface area contributed by atoms with Crippen LogP contribution in [0.3, 0.4) is 0 Å². The molecule has 0 saturated heterocycles. The minimum Gasteiger partial charge on any atom is -0.381 e. The van der Waals surface area contributed by atoms with Gasteiger partial charge in [-0.2, -0.15) is 13.2 Å². The van der Waals surface area contributed by atoms with Gasteiger partial charge in [0.15, 0.2) is 0 Å². The van der Waals surface area contributed by atoms with Crippen LogP contribution in [0.15, 0.2) is 18.2 Å². The van der Waals surface area contributed by atoms with Gasteiger partial charge in [0.1, 0.15) is 0 Å². The number of alkyl halides is 3. The fraction of sp³-hybridized carbons (Fsp3) is 0.538. The van der Waals surface area contributed by atoms with Gasteiger partial charge in [-0.1, -0.05) is 6.92 Å². The van der Waals surface area contributed by atoms with Crippen LogP contribution < -0.4 is 10.6 Å². The minimum atomic E-state index is -4.25. The highest BCUT2D eigenvalue weighted by Crippen LogP contribution is 2.34. The lowest BCUT2D eigenvalue weighted by molar-refractivity contribution is -0.137. The summed E-state index contributed by atoms with van der Waals surface area (Å²) in [6.45, 7) is 3.78. The number of hydrogen-bond acceptors (Lipinski definition) is 2. The molecule has 1 aliphatic rings. The van der Waals surface area contributed by atoms with E-state index in [2.05, 4.69) is 10.6 Å². The van der Waals surface area contributed by atoms with Gasteiger partial charge >= 0.3 is 6.18 Å². The highest BCUT2D eigenvalue weighted by molar-refractivity contribution is 5.55. The van der Waals surface area contributed by atoms with Crippen molar-refractivity contribution in [2.24, 2.45) is 0 Å². The molecule has 0 aliphatic carbocycles. The molecule has 0 radical (unpaired) electrons. The maximum atomic E-state index is 12.6. The first-order chi connectivity index (χ1) is 8.50. The van der Waals surface area contributed by atoms with Crippen LogP contribution in [0.25, 0.3) is 0 Å². The van der Waals surface area contributed by atoms with Crippen molar-refractivity contribution in [3.05, 3.63) is 29.3 Å². The third-order valence-corrected chi connectivity index (χ3v) is 3.20. The molecule has 2 rings (SSSR count). The van der Waals surface area contributed by atoms with Crippen LogP contribution in [0.5, 0.6) is 0 Å². The molecule has 1 atom stereocenters. The van der Waals surface area contributed by atoms with Crippen LogP contribution in [0.2, 0.25) is 0 Å². The summed E-state index contributed by atoms with van der Waals surface area (Å²) in [6, 6.07) is 4.23. The lowest BCUT2D eigenvalue weighted by Gasteiger charge is -2.27. The van der Waals surface area contributed by atoms with Crippen molar-refractivity contribution in [2.75, 3.05) is 18.4 Å². The number of nitrogens with one attached hydrogen (secondary N) is 2. The smallest absolute Gasteiger partial charge is 0.381 e. The molecule has 1 aromatic carbocycles. The Bertz CT molecular complexity index is 415. The second-order valence-corrected chi connectivity index (χ2v) is 4.56. The van der Waals surface area contributed by atoms with E-state index in [9.17, 15) is 13.2 Å². The third-order valence-electron chi connectivity index (χ3n) is 3.20. The predicted octanol–water partition coefficient (Wildman–Crippen LogP) is 3.04. The summed E-state index contributed by atoms with van der Waals surface area (Å²) < 4.78 is 37.7. The van der Waals surface area contributed by atoms with Crippen molar-refractivity contribution in [3.63, 3.8) is 0 Å². The number of aryl methyl sites for hydroxylation is 1. The Balaban J connectivity index is 2.11. The summed E-state index contributed by atoms with van der Waals surface area (Å²) in [5.41, 5.74) is 1.03. The van der Waals surface area contributed by atoms with Crippen LogP contribution in [0, 0.1) is 0 Å². The normalized spacial score (nSPS) is 19.2. The number of fused-ring (bicyclic) bond motifs is 1. The number of hydrogen-bond donors (Lipinski definition) is 2. The quantitative estimate of drug-likeness (QED) is 0.870. The zero-order valence-corrected chi connectivity index (χ0v) is 10.3. The minimum absolute atomic E-state index is 0.300. The molecular weight excluding hydrogens is 241 g/mol. The van der Waals surface area contributed by atoms with Crippen molar-refractivity contribution in [3.8, 4) is 0 Å². The first-order valence-corrected chi connectivity index (χ1v) is 6.18. The standard InChI is InChI=1S/C13H17F3N2/c1-2-17-8-11-5-3-9-7-10(13(14,15)16)4-6-12(9)18-11/h4,6-7,11,17-18H,2-3,5,8H2,1H3. The number of halogens is 3. The Hall–Kier alpha value is -1.23. The molecule has 0 aromatic heterocycles. The molecular formula is C13H17F3N2. The monoisotopic (exact) mass is 258 g/mol. The van der Waals surface area contributed by atoms with Gasteiger partial charge in [0.05, 0.1) is 5.56 Å². The molecule has 0 amide bonds. The average molecular weight is 258 g/mol.